The van der Waals surface area contributed by atoms with Crippen LogP contribution in [0.25, 0.3) is 0 Å². The van der Waals surface area contributed by atoms with Crippen LogP contribution in [0.3, 0.4) is 0 Å². The van der Waals surface area contributed by atoms with Crippen LogP contribution in [-0.4, -0.2) is 35.0 Å². The summed E-state index contributed by atoms with van der Waals surface area (Å²) in [5.41, 5.74) is 0.910. The highest BCUT2D eigenvalue weighted by Gasteiger charge is 2.54. The minimum absolute atomic E-state index is 0.317. The number of benzene rings is 1. The molecule has 1 aliphatic carbocycles. The maximum Gasteiger partial charge on any atom is 0.410 e. The quantitative estimate of drug-likeness (QED) is 0.779. The summed E-state index contributed by atoms with van der Waals surface area (Å²) in [5.74, 6) is -0.317. The Balaban J connectivity index is 1.34. The van der Waals surface area contributed by atoms with Crippen molar-refractivity contribution in [2.75, 3.05) is 13.1 Å². The van der Waals surface area contributed by atoms with Crippen molar-refractivity contribution in [2.24, 2.45) is 0 Å². The Labute approximate surface area is 150 Å². The maximum absolute atomic E-state index is 12.7. The van der Waals surface area contributed by atoms with E-state index in [0.717, 1.165) is 24.1 Å². The van der Waals surface area contributed by atoms with E-state index in [4.69, 9.17) is 9.47 Å². The standard InChI is InChI=1S/C20H18N2O4/c23-17-14-5-1-2-6-15(14)20(25-17)10-12-22(13-20)18(24)26-19(8-9-19)16-7-3-4-11-21-16/h1-7,11H,8-10,12-13H2. The van der Waals surface area contributed by atoms with Gasteiger partial charge in [-0.1, -0.05) is 24.3 Å². The second kappa shape index (κ2) is 5.30. The number of rotatable bonds is 2. The average Bonchev–Trinajstić information content (AvgIpc) is 3.24. The Hall–Kier alpha value is -2.89. The maximum atomic E-state index is 12.7. The molecule has 6 nitrogen and oxygen atoms in total. The Kier molecular flexibility index (Phi) is 3.13. The van der Waals surface area contributed by atoms with Crippen molar-refractivity contribution in [3.8, 4) is 0 Å². The first-order chi connectivity index (χ1) is 12.6. The highest BCUT2D eigenvalue weighted by Crippen LogP contribution is 2.49. The van der Waals surface area contributed by atoms with Crippen molar-refractivity contribution >= 4 is 12.1 Å². The van der Waals surface area contributed by atoms with E-state index < -0.39 is 11.2 Å². The number of hydrogen-bond donors (Lipinski definition) is 0. The lowest BCUT2D eigenvalue weighted by atomic mass is 9.92. The lowest BCUT2D eigenvalue weighted by molar-refractivity contribution is -0.00630. The minimum atomic E-state index is -0.742. The fourth-order valence-electron chi connectivity index (χ4n) is 3.97. The monoisotopic (exact) mass is 350 g/mol. The van der Waals surface area contributed by atoms with Crippen LogP contribution in [0.2, 0.25) is 0 Å². The molecule has 132 valence electrons. The van der Waals surface area contributed by atoms with Gasteiger partial charge in [-0.15, -0.1) is 0 Å². The molecule has 0 bridgehead atoms. The third-order valence-corrected chi connectivity index (χ3v) is 5.53. The molecule has 2 fully saturated rings. The number of aromatic nitrogens is 1. The molecule has 2 aromatic rings. The predicted octanol–water partition coefficient (Wildman–Crippen LogP) is 2.98. The first-order valence-electron chi connectivity index (χ1n) is 8.84. The number of carbonyl (C=O) groups is 2. The summed E-state index contributed by atoms with van der Waals surface area (Å²) in [7, 11) is 0. The Morgan fingerprint density at radius 2 is 1.92 bits per heavy atom. The van der Waals surface area contributed by atoms with Gasteiger partial charge < -0.3 is 14.4 Å². The van der Waals surface area contributed by atoms with Gasteiger partial charge in [0.15, 0.2) is 11.2 Å². The number of amides is 1. The van der Waals surface area contributed by atoms with Gasteiger partial charge in [0, 0.05) is 24.7 Å². The Morgan fingerprint density at radius 3 is 2.69 bits per heavy atom. The van der Waals surface area contributed by atoms with Gasteiger partial charge in [0.25, 0.3) is 0 Å². The van der Waals surface area contributed by atoms with Gasteiger partial charge in [-0.2, -0.15) is 0 Å². The van der Waals surface area contributed by atoms with E-state index >= 15 is 0 Å². The number of esters is 1. The summed E-state index contributed by atoms with van der Waals surface area (Å²) in [4.78, 5) is 30.9. The molecule has 1 atom stereocenters. The number of pyridine rings is 1. The van der Waals surface area contributed by atoms with Crippen LogP contribution in [-0.2, 0) is 20.7 Å². The molecule has 2 aliphatic heterocycles. The summed E-state index contributed by atoms with van der Waals surface area (Å²) in [5, 5.41) is 0. The third kappa shape index (κ3) is 2.21. The van der Waals surface area contributed by atoms with Crippen molar-refractivity contribution in [2.45, 2.75) is 30.5 Å². The Morgan fingerprint density at radius 1 is 1.12 bits per heavy atom. The normalized spacial score (nSPS) is 25.1. The van der Waals surface area contributed by atoms with Gasteiger partial charge in [-0.25, -0.2) is 9.59 Å². The topological polar surface area (TPSA) is 68.7 Å². The van der Waals surface area contributed by atoms with Gasteiger partial charge in [0.05, 0.1) is 17.8 Å². The molecule has 1 aromatic carbocycles. The number of fused-ring (bicyclic) bond motifs is 2. The second-order valence-corrected chi connectivity index (χ2v) is 7.18. The molecule has 1 unspecified atom stereocenters. The van der Waals surface area contributed by atoms with Crippen LogP contribution in [0.5, 0.6) is 0 Å². The highest BCUT2D eigenvalue weighted by molar-refractivity contribution is 5.95. The average molecular weight is 350 g/mol. The minimum Gasteiger partial charge on any atom is -0.449 e. The molecule has 0 radical (unpaired) electrons. The van der Waals surface area contributed by atoms with Crippen LogP contribution < -0.4 is 0 Å². The molecule has 1 amide bonds. The van der Waals surface area contributed by atoms with E-state index in [1.165, 1.54) is 0 Å². The zero-order chi connectivity index (χ0) is 17.8. The lowest BCUT2D eigenvalue weighted by Crippen LogP contribution is -2.36. The van der Waals surface area contributed by atoms with Crippen LogP contribution in [0.4, 0.5) is 4.79 Å². The second-order valence-electron chi connectivity index (χ2n) is 7.18. The molecule has 3 aliphatic rings. The van der Waals surface area contributed by atoms with Crippen molar-refractivity contribution in [3.63, 3.8) is 0 Å². The number of carbonyl (C=O) groups excluding carboxylic acids is 2. The number of hydrogen-bond acceptors (Lipinski definition) is 5. The molecule has 5 rings (SSSR count). The first kappa shape index (κ1) is 15.4. The summed E-state index contributed by atoms with van der Waals surface area (Å²) in [6.07, 6.45) is 3.49. The Bertz CT molecular complexity index is 894. The summed E-state index contributed by atoms with van der Waals surface area (Å²) in [6, 6.07) is 13.0. The van der Waals surface area contributed by atoms with Gasteiger partial charge in [0.2, 0.25) is 0 Å². The van der Waals surface area contributed by atoms with Crippen LogP contribution >= 0.6 is 0 Å². The highest BCUT2D eigenvalue weighted by atomic mass is 16.6. The molecule has 1 saturated heterocycles. The van der Waals surface area contributed by atoms with E-state index in [0.29, 0.717) is 25.1 Å². The predicted molar refractivity (Wildman–Crippen MR) is 91.4 cm³/mol. The molecule has 1 aromatic heterocycles. The van der Waals surface area contributed by atoms with Crippen molar-refractivity contribution in [1.82, 2.24) is 9.88 Å². The first-order valence-corrected chi connectivity index (χ1v) is 8.84. The molecular weight excluding hydrogens is 332 g/mol. The number of ether oxygens (including phenoxy) is 2. The SMILES string of the molecule is O=C1OC2(CCN(C(=O)OC3(c4ccccn4)CC3)C2)c2ccccc21. The summed E-state index contributed by atoms with van der Waals surface area (Å²) >= 11 is 0. The molecular formula is C20H18N2O4. The largest absolute Gasteiger partial charge is 0.449 e. The zero-order valence-electron chi connectivity index (χ0n) is 14.2. The van der Waals surface area contributed by atoms with Gasteiger partial charge in [-0.3, -0.25) is 4.98 Å². The van der Waals surface area contributed by atoms with Gasteiger partial charge >= 0.3 is 12.1 Å². The number of nitrogens with zero attached hydrogens (tertiary/aromatic N) is 2. The molecule has 3 heterocycles. The van der Waals surface area contributed by atoms with Crippen LogP contribution in [0.1, 0.15) is 40.9 Å². The fraction of sp³-hybridized carbons (Fsp3) is 0.350. The number of likely N-dealkylation sites (tertiary alicyclic amines) is 1. The summed E-state index contributed by atoms with van der Waals surface area (Å²) < 4.78 is 11.5. The van der Waals surface area contributed by atoms with Crippen molar-refractivity contribution < 1.29 is 19.1 Å². The van der Waals surface area contributed by atoms with E-state index in [1.807, 2.05) is 36.4 Å². The molecule has 0 N–H and O–H groups in total. The van der Waals surface area contributed by atoms with Crippen molar-refractivity contribution in [3.05, 3.63) is 65.5 Å². The molecule has 1 saturated carbocycles. The fourth-order valence-corrected chi connectivity index (χ4v) is 3.97. The van der Waals surface area contributed by atoms with Gasteiger partial charge in [-0.05, 0) is 31.0 Å². The zero-order valence-corrected chi connectivity index (χ0v) is 14.2. The van der Waals surface area contributed by atoms with Gasteiger partial charge in [0.1, 0.15) is 0 Å². The van der Waals surface area contributed by atoms with E-state index in [9.17, 15) is 9.59 Å². The lowest BCUT2D eigenvalue weighted by Gasteiger charge is -2.25. The van der Waals surface area contributed by atoms with E-state index in [1.54, 1.807) is 17.2 Å². The molecule has 6 heteroatoms. The van der Waals surface area contributed by atoms with Crippen LogP contribution in [0.15, 0.2) is 48.7 Å². The van der Waals surface area contributed by atoms with Crippen molar-refractivity contribution in [1.29, 1.82) is 0 Å². The van der Waals surface area contributed by atoms with E-state index in [2.05, 4.69) is 4.98 Å². The van der Waals surface area contributed by atoms with E-state index in [-0.39, 0.29) is 12.1 Å². The smallest absolute Gasteiger partial charge is 0.410 e. The summed E-state index contributed by atoms with van der Waals surface area (Å²) in [6.45, 7) is 0.825. The third-order valence-electron chi connectivity index (χ3n) is 5.53. The molecule has 1 spiro atoms. The molecule has 26 heavy (non-hydrogen) atoms. The van der Waals surface area contributed by atoms with Crippen LogP contribution in [0, 0.1) is 0 Å².